The lowest BCUT2D eigenvalue weighted by molar-refractivity contribution is -0.127. The Balaban J connectivity index is 1.72. The second-order valence-corrected chi connectivity index (χ2v) is 7.98. The lowest BCUT2D eigenvalue weighted by Crippen LogP contribution is -2.36. The minimum atomic E-state index is -0.542. The van der Waals surface area contributed by atoms with Gasteiger partial charge in [-0.1, -0.05) is 23.8 Å². The summed E-state index contributed by atoms with van der Waals surface area (Å²) in [5, 5.41) is 10.9. The van der Waals surface area contributed by atoms with Gasteiger partial charge >= 0.3 is 0 Å². The van der Waals surface area contributed by atoms with Gasteiger partial charge in [0.2, 0.25) is 5.91 Å². The van der Waals surface area contributed by atoms with E-state index < -0.39 is 17.1 Å². The van der Waals surface area contributed by atoms with Gasteiger partial charge in [0, 0.05) is 5.69 Å². The summed E-state index contributed by atoms with van der Waals surface area (Å²) in [5.41, 5.74) is 3.20. The van der Waals surface area contributed by atoms with Crippen molar-refractivity contribution < 1.29 is 23.9 Å². The van der Waals surface area contributed by atoms with Crippen LogP contribution in [0.25, 0.3) is 6.08 Å². The maximum atomic E-state index is 12.7. The summed E-state index contributed by atoms with van der Waals surface area (Å²) in [5.74, 6) is -0.218. The molecule has 1 saturated heterocycles. The number of aryl methyl sites for hydroxylation is 2. The topological polar surface area (TPSA) is 109 Å². The molecule has 0 aromatic heterocycles. The van der Waals surface area contributed by atoms with Crippen LogP contribution in [0.1, 0.15) is 16.7 Å². The first-order valence-corrected chi connectivity index (χ1v) is 10.4. The number of nitrogens with one attached hydrogen (secondary N) is 1. The molecule has 2 aromatic carbocycles. The number of benzene rings is 2. The van der Waals surface area contributed by atoms with Gasteiger partial charge in [0.05, 0.1) is 12.0 Å². The van der Waals surface area contributed by atoms with Crippen LogP contribution in [0.2, 0.25) is 0 Å². The zero-order valence-corrected chi connectivity index (χ0v) is 18.6. The van der Waals surface area contributed by atoms with E-state index in [1.165, 1.54) is 7.11 Å². The van der Waals surface area contributed by atoms with Gasteiger partial charge < -0.3 is 14.8 Å². The lowest BCUT2D eigenvalue weighted by Gasteiger charge is -2.14. The van der Waals surface area contributed by atoms with Gasteiger partial charge in [0.15, 0.2) is 18.1 Å². The summed E-state index contributed by atoms with van der Waals surface area (Å²) in [6.45, 7) is 3.32. The minimum Gasteiger partial charge on any atom is -0.493 e. The largest absolute Gasteiger partial charge is 0.493 e. The van der Waals surface area contributed by atoms with Gasteiger partial charge in [-0.05, 0) is 61.0 Å². The molecule has 0 saturated carbocycles. The smallest absolute Gasteiger partial charge is 0.294 e. The van der Waals surface area contributed by atoms with E-state index in [9.17, 15) is 14.4 Å². The summed E-state index contributed by atoms with van der Waals surface area (Å²) in [6, 6.07) is 12.4. The molecule has 0 aliphatic carbocycles. The van der Waals surface area contributed by atoms with Crippen molar-refractivity contribution in [2.75, 3.05) is 25.6 Å². The predicted octanol–water partition coefficient (Wildman–Crippen LogP) is 3.89. The summed E-state index contributed by atoms with van der Waals surface area (Å²) in [7, 11) is 1.46. The average Bonchev–Trinajstić information content (AvgIpc) is 3.02. The summed E-state index contributed by atoms with van der Waals surface area (Å²) in [4.78, 5) is 38.6. The number of hydrogen-bond donors (Lipinski definition) is 1. The molecule has 0 unspecified atom stereocenters. The maximum Gasteiger partial charge on any atom is 0.294 e. The highest BCUT2D eigenvalue weighted by Crippen LogP contribution is 2.34. The van der Waals surface area contributed by atoms with E-state index in [-0.39, 0.29) is 18.1 Å². The molecule has 3 amide bonds. The second kappa shape index (κ2) is 10.0. The quantitative estimate of drug-likeness (QED) is 0.636. The van der Waals surface area contributed by atoms with Gasteiger partial charge in [0.25, 0.3) is 11.1 Å². The number of carbonyl (C=O) groups excluding carboxylic acids is 3. The van der Waals surface area contributed by atoms with Crippen molar-refractivity contribution >= 4 is 40.6 Å². The molecule has 0 atom stereocenters. The van der Waals surface area contributed by atoms with Crippen molar-refractivity contribution in [3.8, 4) is 17.6 Å². The summed E-state index contributed by atoms with van der Waals surface area (Å²) < 4.78 is 10.5. The fraction of sp³-hybridized carbons (Fsp3) is 0.217. The molecule has 0 radical (unpaired) electrons. The fourth-order valence-corrected chi connectivity index (χ4v) is 3.92. The number of amides is 3. The number of carbonyl (C=O) groups is 3. The van der Waals surface area contributed by atoms with Crippen LogP contribution in [0.5, 0.6) is 11.5 Å². The van der Waals surface area contributed by atoms with E-state index in [1.54, 1.807) is 30.3 Å². The Hall–Kier alpha value is -3.77. The number of rotatable bonds is 7. The summed E-state index contributed by atoms with van der Waals surface area (Å²) in [6.07, 6.45) is 1.55. The SMILES string of the molecule is COc1cc(/C=C2\SC(=O)N(CC(=O)Nc3ccc(C)cc3C)C2=O)ccc1OCC#N. The normalized spacial score (nSPS) is 14.4. The van der Waals surface area contributed by atoms with Crippen LogP contribution in [-0.2, 0) is 9.59 Å². The van der Waals surface area contributed by atoms with Gasteiger partial charge in [-0.2, -0.15) is 5.26 Å². The van der Waals surface area contributed by atoms with Gasteiger partial charge in [0.1, 0.15) is 12.6 Å². The van der Waals surface area contributed by atoms with Crippen LogP contribution < -0.4 is 14.8 Å². The lowest BCUT2D eigenvalue weighted by atomic mass is 10.1. The zero-order valence-electron chi connectivity index (χ0n) is 17.8. The van der Waals surface area contributed by atoms with Crippen LogP contribution in [-0.4, -0.2) is 42.2 Å². The Morgan fingerprint density at radius 2 is 1.97 bits per heavy atom. The molecule has 164 valence electrons. The fourth-order valence-electron chi connectivity index (χ4n) is 3.08. The number of hydrogen-bond acceptors (Lipinski definition) is 7. The van der Waals surface area contributed by atoms with Crippen molar-refractivity contribution in [1.82, 2.24) is 4.90 Å². The number of ether oxygens (including phenoxy) is 2. The monoisotopic (exact) mass is 451 g/mol. The van der Waals surface area contributed by atoms with Crippen molar-refractivity contribution in [3.05, 3.63) is 58.0 Å². The van der Waals surface area contributed by atoms with Crippen molar-refractivity contribution in [3.63, 3.8) is 0 Å². The third-order valence-electron chi connectivity index (χ3n) is 4.61. The average molecular weight is 452 g/mol. The molecule has 1 fully saturated rings. The van der Waals surface area contributed by atoms with E-state index in [0.717, 1.165) is 27.8 Å². The molecule has 2 aromatic rings. The van der Waals surface area contributed by atoms with Crippen LogP contribution in [0, 0.1) is 25.2 Å². The standard InChI is InChI=1S/C23H21N3O5S/c1-14-4-6-17(15(2)10-14)25-21(27)13-26-22(28)20(32-23(26)29)12-16-5-7-18(31-9-8-24)19(11-16)30-3/h4-7,10-12H,9,13H2,1-3H3,(H,25,27)/b20-12-. The Kier molecular flexibility index (Phi) is 7.18. The number of imide groups is 1. The van der Waals surface area contributed by atoms with E-state index in [0.29, 0.717) is 22.7 Å². The van der Waals surface area contributed by atoms with Crippen molar-refractivity contribution in [1.29, 1.82) is 5.26 Å². The first-order chi connectivity index (χ1) is 15.3. The highest BCUT2D eigenvalue weighted by molar-refractivity contribution is 8.18. The van der Waals surface area contributed by atoms with Crippen LogP contribution >= 0.6 is 11.8 Å². The van der Waals surface area contributed by atoms with Crippen molar-refractivity contribution in [2.24, 2.45) is 0 Å². The number of nitrogens with zero attached hydrogens (tertiary/aromatic N) is 2. The first kappa shape index (κ1) is 22.9. The van der Waals surface area contributed by atoms with E-state index >= 15 is 0 Å². The first-order valence-electron chi connectivity index (χ1n) is 9.62. The molecule has 9 heteroatoms. The number of nitriles is 1. The number of methoxy groups -OCH3 is 1. The molecule has 1 aliphatic rings. The highest BCUT2D eigenvalue weighted by atomic mass is 32.2. The third kappa shape index (κ3) is 5.28. The molecule has 1 aliphatic heterocycles. The molecule has 1 N–H and O–H groups in total. The van der Waals surface area contributed by atoms with Gasteiger partial charge in [-0.15, -0.1) is 0 Å². The van der Waals surface area contributed by atoms with E-state index in [2.05, 4.69) is 5.32 Å². The second-order valence-electron chi connectivity index (χ2n) is 6.99. The Labute approximate surface area is 189 Å². The zero-order chi connectivity index (χ0) is 23.3. The molecule has 0 spiro atoms. The Morgan fingerprint density at radius 3 is 2.66 bits per heavy atom. The molecule has 3 rings (SSSR count). The molecule has 8 nitrogen and oxygen atoms in total. The molecular formula is C23H21N3O5S. The predicted molar refractivity (Wildman–Crippen MR) is 121 cm³/mol. The van der Waals surface area contributed by atoms with E-state index in [4.69, 9.17) is 14.7 Å². The highest BCUT2D eigenvalue weighted by Gasteiger charge is 2.36. The molecule has 1 heterocycles. The Bertz CT molecular complexity index is 1150. The van der Waals surface area contributed by atoms with Crippen LogP contribution in [0.3, 0.4) is 0 Å². The van der Waals surface area contributed by atoms with Gasteiger partial charge in [-0.25, -0.2) is 0 Å². The number of anilines is 1. The van der Waals surface area contributed by atoms with E-state index in [1.807, 2.05) is 32.0 Å². The third-order valence-corrected chi connectivity index (χ3v) is 5.52. The molecular weight excluding hydrogens is 430 g/mol. The van der Waals surface area contributed by atoms with Crippen molar-refractivity contribution in [2.45, 2.75) is 13.8 Å². The minimum absolute atomic E-state index is 0.126. The van der Waals surface area contributed by atoms with Crippen LogP contribution in [0.15, 0.2) is 41.3 Å². The molecule has 0 bridgehead atoms. The van der Waals surface area contributed by atoms with Gasteiger partial charge in [-0.3, -0.25) is 19.3 Å². The summed E-state index contributed by atoms with van der Waals surface area (Å²) >= 11 is 0.765. The molecule has 32 heavy (non-hydrogen) atoms. The van der Waals surface area contributed by atoms with Crippen LogP contribution in [0.4, 0.5) is 10.5 Å². The Morgan fingerprint density at radius 1 is 1.19 bits per heavy atom. The maximum absolute atomic E-state index is 12.7. The number of thioether (sulfide) groups is 1.